The molecule has 1 aliphatic rings. The van der Waals surface area contributed by atoms with E-state index in [0.29, 0.717) is 13.2 Å². The number of hydrogen-bond acceptors (Lipinski definition) is 3. The Morgan fingerprint density at radius 1 is 1.41 bits per heavy atom. The summed E-state index contributed by atoms with van der Waals surface area (Å²) in [6.07, 6.45) is 1.83. The van der Waals surface area contributed by atoms with Gasteiger partial charge in [0.1, 0.15) is 5.75 Å². The lowest BCUT2D eigenvalue weighted by Gasteiger charge is -2.40. The predicted molar refractivity (Wildman–Crippen MR) is 66.4 cm³/mol. The second-order valence-electron chi connectivity index (χ2n) is 4.83. The average Bonchev–Trinajstić information content (AvgIpc) is 2.33. The SMILES string of the molecule is CCc1cc(CC2(CO)COC2)ccc1OC. The molecular formula is C14H20O3. The van der Waals surface area contributed by atoms with Crippen LogP contribution < -0.4 is 4.74 Å². The van der Waals surface area contributed by atoms with Gasteiger partial charge in [-0.25, -0.2) is 0 Å². The van der Waals surface area contributed by atoms with Crippen LogP contribution in [0.4, 0.5) is 0 Å². The van der Waals surface area contributed by atoms with E-state index in [4.69, 9.17) is 9.47 Å². The lowest BCUT2D eigenvalue weighted by atomic mass is 9.80. The molecule has 2 rings (SSSR count). The van der Waals surface area contributed by atoms with Gasteiger partial charge in [-0.2, -0.15) is 0 Å². The van der Waals surface area contributed by atoms with E-state index in [1.165, 1.54) is 11.1 Å². The quantitative estimate of drug-likeness (QED) is 0.847. The van der Waals surface area contributed by atoms with Gasteiger partial charge < -0.3 is 14.6 Å². The van der Waals surface area contributed by atoms with E-state index in [9.17, 15) is 5.11 Å². The van der Waals surface area contributed by atoms with Crippen molar-refractivity contribution in [2.24, 2.45) is 5.41 Å². The first-order valence-electron chi connectivity index (χ1n) is 6.07. The van der Waals surface area contributed by atoms with Crippen LogP contribution in [0, 0.1) is 5.41 Å². The number of hydrogen-bond donors (Lipinski definition) is 1. The predicted octanol–water partition coefficient (Wildman–Crippen LogP) is 1.81. The normalized spacial score (nSPS) is 17.6. The number of aliphatic hydroxyl groups is 1. The first-order valence-corrected chi connectivity index (χ1v) is 6.07. The molecule has 1 N–H and O–H groups in total. The van der Waals surface area contributed by atoms with Gasteiger partial charge in [0.15, 0.2) is 0 Å². The topological polar surface area (TPSA) is 38.7 Å². The largest absolute Gasteiger partial charge is 0.496 e. The smallest absolute Gasteiger partial charge is 0.122 e. The molecule has 1 fully saturated rings. The Labute approximate surface area is 102 Å². The molecular weight excluding hydrogens is 216 g/mol. The van der Waals surface area contributed by atoms with Gasteiger partial charge in [0.2, 0.25) is 0 Å². The summed E-state index contributed by atoms with van der Waals surface area (Å²) in [5.74, 6) is 0.944. The number of methoxy groups -OCH3 is 1. The molecule has 1 aromatic rings. The third kappa shape index (κ3) is 2.45. The summed E-state index contributed by atoms with van der Waals surface area (Å²) in [6, 6.07) is 6.26. The Morgan fingerprint density at radius 2 is 2.18 bits per heavy atom. The van der Waals surface area contributed by atoms with Crippen LogP contribution in [0.5, 0.6) is 5.75 Å². The van der Waals surface area contributed by atoms with Crippen molar-refractivity contribution in [3.63, 3.8) is 0 Å². The van der Waals surface area contributed by atoms with E-state index in [1.807, 2.05) is 6.07 Å². The van der Waals surface area contributed by atoms with Crippen molar-refractivity contribution in [2.75, 3.05) is 26.9 Å². The Kier molecular flexibility index (Phi) is 3.69. The summed E-state index contributed by atoms with van der Waals surface area (Å²) in [7, 11) is 1.70. The van der Waals surface area contributed by atoms with Crippen LogP contribution in [0.3, 0.4) is 0 Å². The molecule has 3 nitrogen and oxygen atoms in total. The highest BCUT2D eigenvalue weighted by molar-refractivity contribution is 5.37. The number of ether oxygens (including phenoxy) is 2. The van der Waals surface area contributed by atoms with E-state index >= 15 is 0 Å². The summed E-state index contributed by atoms with van der Waals surface area (Å²) in [5, 5.41) is 9.42. The molecule has 17 heavy (non-hydrogen) atoms. The highest BCUT2D eigenvalue weighted by Crippen LogP contribution is 2.32. The molecule has 0 aliphatic carbocycles. The Bertz CT molecular complexity index is 378. The molecule has 0 aromatic heterocycles. The minimum absolute atomic E-state index is 0.0560. The zero-order valence-electron chi connectivity index (χ0n) is 10.5. The number of rotatable bonds is 5. The average molecular weight is 236 g/mol. The van der Waals surface area contributed by atoms with Crippen LogP contribution in [0.25, 0.3) is 0 Å². The zero-order chi connectivity index (χ0) is 12.3. The van der Waals surface area contributed by atoms with Crippen molar-refractivity contribution >= 4 is 0 Å². The maximum absolute atomic E-state index is 9.42. The van der Waals surface area contributed by atoms with Crippen molar-refractivity contribution < 1.29 is 14.6 Å². The van der Waals surface area contributed by atoms with Crippen molar-refractivity contribution in [3.8, 4) is 5.75 Å². The Hall–Kier alpha value is -1.06. The first kappa shape index (κ1) is 12.4. The van der Waals surface area contributed by atoms with Gasteiger partial charge in [-0.3, -0.25) is 0 Å². The van der Waals surface area contributed by atoms with Crippen molar-refractivity contribution in [1.82, 2.24) is 0 Å². The molecule has 1 heterocycles. The summed E-state index contributed by atoms with van der Waals surface area (Å²) >= 11 is 0. The van der Waals surface area contributed by atoms with Crippen LogP contribution in [0.15, 0.2) is 18.2 Å². The summed E-state index contributed by atoms with van der Waals surface area (Å²) in [4.78, 5) is 0. The lowest BCUT2D eigenvalue weighted by Crippen LogP contribution is -2.47. The fourth-order valence-corrected chi connectivity index (χ4v) is 2.29. The van der Waals surface area contributed by atoms with Crippen molar-refractivity contribution in [1.29, 1.82) is 0 Å². The van der Waals surface area contributed by atoms with Crippen molar-refractivity contribution in [3.05, 3.63) is 29.3 Å². The molecule has 0 spiro atoms. The van der Waals surface area contributed by atoms with E-state index < -0.39 is 0 Å². The van der Waals surface area contributed by atoms with Gasteiger partial charge in [-0.05, 0) is 30.0 Å². The molecule has 94 valence electrons. The monoisotopic (exact) mass is 236 g/mol. The van der Waals surface area contributed by atoms with Crippen LogP contribution >= 0.6 is 0 Å². The van der Waals surface area contributed by atoms with Gasteiger partial charge in [0.25, 0.3) is 0 Å². The van der Waals surface area contributed by atoms with Crippen LogP contribution in [0.1, 0.15) is 18.1 Å². The fraction of sp³-hybridized carbons (Fsp3) is 0.571. The van der Waals surface area contributed by atoms with Crippen LogP contribution in [-0.2, 0) is 17.6 Å². The van der Waals surface area contributed by atoms with Crippen molar-refractivity contribution in [2.45, 2.75) is 19.8 Å². The number of aliphatic hydroxyl groups excluding tert-OH is 1. The fourth-order valence-electron chi connectivity index (χ4n) is 2.29. The van der Waals surface area contributed by atoms with Gasteiger partial charge in [-0.15, -0.1) is 0 Å². The van der Waals surface area contributed by atoms with Crippen LogP contribution in [-0.4, -0.2) is 32.0 Å². The lowest BCUT2D eigenvalue weighted by molar-refractivity contribution is -0.136. The van der Waals surface area contributed by atoms with Gasteiger partial charge in [0, 0.05) is 5.41 Å². The second kappa shape index (κ2) is 5.07. The molecule has 1 saturated heterocycles. The zero-order valence-corrected chi connectivity index (χ0v) is 10.5. The van der Waals surface area contributed by atoms with E-state index in [0.717, 1.165) is 18.6 Å². The minimum atomic E-state index is -0.0560. The number of aryl methyl sites for hydroxylation is 1. The highest BCUT2D eigenvalue weighted by atomic mass is 16.5. The molecule has 0 radical (unpaired) electrons. The molecule has 1 aromatic carbocycles. The molecule has 0 unspecified atom stereocenters. The van der Waals surface area contributed by atoms with E-state index in [2.05, 4.69) is 19.1 Å². The maximum atomic E-state index is 9.42. The van der Waals surface area contributed by atoms with Crippen LogP contribution in [0.2, 0.25) is 0 Å². The first-order chi connectivity index (χ1) is 8.23. The molecule has 3 heteroatoms. The molecule has 0 saturated carbocycles. The Balaban J connectivity index is 2.16. The molecule has 1 aliphatic heterocycles. The summed E-state index contributed by atoms with van der Waals surface area (Å²) in [5.41, 5.74) is 2.41. The second-order valence-corrected chi connectivity index (χ2v) is 4.83. The third-order valence-corrected chi connectivity index (χ3v) is 3.46. The van der Waals surface area contributed by atoms with Gasteiger partial charge in [0.05, 0.1) is 26.9 Å². The van der Waals surface area contributed by atoms with E-state index in [-0.39, 0.29) is 12.0 Å². The maximum Gasteiger partial charge on any atom is 0.122 e. The molecule has 0 bridgehead atoms. The standard InChI is InChI=1S/C14H20O3/c1-3-12-6-11(4-5-13(12)16-2)7-14(8-15)9-17-10-14/h4-6,15H,3,7-10H2,1-2H3. The molecule has 0 amide bonds. The van der Waals surface area contributed by atoms with Gasteiger partial charge in [-0.1, -0.05) is 19.1 Å². The number of benzene rings is 1. The van der Waals surface area contributed by atoms with Gasteiger partial charge >= 0.3 is 0 Å². The molecule has 0 atom stereocenters. The van der Waals surface area contributed by atoms with E-state index in [1.54, 1.807) is 7.11 Å². The Morgan fingerprint density at radius 3 is 2.65 bits per heavy atom. The summed E-state index contributed by atoms with van der Waals surface area (Å²) in [6.45, 7) is 3.64. The summed E-state index contributed by atoms with van der Waals surface area (Å²) < 4.78 is 10.5. The third-order valence-electron chi connectivity index (χ3n) is 3.46. The highest BCUT2D eigenvalue weighted by Gasteiger charge is 2.38. The minimum Gasteiger partial charge on any atom is -0.496 e.